The van der Waals surface area contributed by atoms with Crippen molar-refractivity contribution in [2.75, 3.05) is 0 Å². The van der Waals surface area contributed by atoms with Gasteiger partial charge in [0.1, 0.15) is 0 Å². The second-order valence-electron chi connectivity index (χ2n) is 9.23. The average Bonchev–Trinajstić information content (AvgIpc) is 2.53. The van der Waals surface area contributed by atoms with Gasteiger partial charge in [-0.15, -0.1) is 0 Å². The molecule has 0 saturated carbocycles. The number of amides is 1. The summed E-state index contributed by atoms with van der Waals surface area (Å²) < 4.78 is 6.36. The quantitative estimate of drug-likeness (QED) is 0.362. The van der Waals surface area contributed by atoms with E-state index in [1.54, 1.807) is 12.1 Å². The Morgan fingerprint density at radius 1 is 1.31 bits per heavy atom. The Morgan fingerprint density at radius 2 is 1.93 bits per heavy atom. The fraction of sp³-hybridized carbons (Fsp3) is 0.571. The maximum absolute atomic E-state index is 12.7. The van der Waals surface area contributed by atoms with Crippen molar-refractivity contribution in [3.05, 3.63) is 34.3 Å². The van der Waals surface area contributed by atoms with Gasteiger partial charge in [-0.05, 0) is 36.7 Å². The zero-order valence-electron chi connectivity index (χ0n) is 17.8. The monoisotopic (exact) mass is 439 g/mol. The van der Waals surface area contributed by atoms with Gasteiger partial charge >= 0.3 is 5.97 Å². The first-order chi connectivity index (χ1) is 13.2. The second-order valence-corrected chi connectivity index (χ2v) is 14.4. The van der Waals surface area contributed by atoms with Crippen LogP contribution in [-0.2, 0) is 20.4 Å². The lowest BCUT2D eigenvalue weighted by Gasteiger charge is -2.45. The number of carboxylic acid groups (broad SMARTS) is 1. The van der Waals surface area contributed by atoms with Crippen LogP contribution in [0.3, 0.4) is 0 Å². The normalized spacial score (nSPS) is 20.6. The van der Waals surface area contributed by atoms with E-state index in [-0.39, 0.29) is 52.7 Å². The molecule has 1 aliphatic rings. The van der Waals surface area contributed by atoms with Crippen LogP contribution in [0.4, 0.5) is 0 Å². The van der Waals surface area contributed by atoms with Crippen LogP contribution in [0.5, 0.6) is 0 Å². The van der Waals surface area contributed by atoms with Gasteiger partial charge in [-0.3, -0.25) is 14.4 Å². The highest BCUT2D eigenvalue weighted by atomic mass is 35.5. The van der Waals surface area contributed by atoms with Crippen LogP contribution in [0.1, 0.15) is 50.0 Å². The van der Waals surface area contributed by atoms with Crippen LogP contribution >= 0.6 is 11.6 Å². The summed E-state index contributed by atoms with van der Waals surface area (Å²) in [5.74, 6) is -1.59. The number of aliphatic carboxylic acids is 1. The van der Waals surface area contributed by atoms with E-state index in [1.807, 2.05) is 6.92 Å². The van der Waals surface area contributed by atoms with Crippen molar-refractivity contribution in [2.45, 2.75) is 70.8 Å². The number of β-lactam (4-membered cyclic amide) rings is 1. The predicted octanol–water partition coefficient (Wildman–Crippen LogP) is 4.06. The van der Waals surface area contributed by atoms with Gasteiger partial charge < -0.3 is 14.8 Å². The summed E-state index contributed by atoms with van der Waals surface area (Å²) in [5.41, 5.74) is 0.865. The standard InChI is InChI=1S/C21H30ClNO5Si/c1-12(28-29(5,6)21(2,3)4)19-16(23-20(19)27)11-17(24)14-8-7-13(10-18(25)26)15(22)9-14/h7-9,12,16,19H,10-11H2,1-6H3,(H,23,27)(H,25,26)/t12-,16-,19-/m1/s1. The molecule has 2 N–H and O–H groups in total. The number of rotatable bonds is 8. The molecule has 1 saturated heterocycles. The van der Waals surface area contributed by atoms with E-state index in [2.05, 4.69) is 39.2 Å². The topological polar surface area (TPSA) is 92.7 Å². The molecular weight excluding hydrogens is 410 g/mol. The van der Waals surface area contributed by atoms with Crippen LogP contribution < -0.4 is 5.32 Å². The van der Waals surface area contributed by atoms with Gasteiger partial charge in [0.2, 0.25) is 5.91 Å². The van der Waals surface area contributed by atoms with E-state index >= 15 is 0 Å². The maximum Gasteiger partial charge on any atom is 0.307 e. The largest absolute Gasteiger partial charge is 0.481 e. The van der Waals surface area contributed by atoms with E-state index in [1.165, 1.54) is 6.07 Å². The van der Waals surface area contributed by atoms with E-state index < -0.39 is 14.3 Å². The van der Waals surface area contributed by atoms with Crippen LogP contribution in [0, 0.1) is 5.92 Å². The van der Waals surface area contributed by atoms with Crippen molar-refractivity contribution >= 4 is 37.6 Å². The molecule has 8 heteroatoms. The smallest absolute Gasteiger partial charge is 0.307 e. The minimum Gasteiger partial charge on any atom is -0.481 e. The van der Waals surface area contributed by atoms with E-state index in [0.29, 0.717) is 11.1 Å². The van der Waals surface area contributed by atoms with E-state index in [0.717, 1.165) is 0 Å². The molecule has 6 nitrogen and oxygen atoms in total. The molecule has 2 rings (SSSR count). The SMILES string of the molecule is C[C@@H](O[Si](C)(C)C(C)(C)C)[C@H]1C(=O)N[C@@H]1CC(=O)c1ccc(CC(=O)O)c(Cl)c1. The van der Waals surface area contributed by atoms with Crippen LogP contribution in [0.25, 0.3) is 0 Å². The minimum atomic E-state index is -2.03. The van der Waals surface area contributed by atoms with Crippen LogP contribution in [0.2, 0.25) is 23.2 Å². The van der Waals surface area contributed by atoms with Crippen LogP contribution in [-0.4, -0.2) is 43.2 Å². The summed E-state index contributed by atoms with van der Waals surface area (Å²) in [4.78, 5) is 35.7. The number of carbonyl (C=O) groups excluding carboxylic acids is 2. The fourth-order valence-corrected chi connectivity index (χ4v) is 4.91. The summed E-state index contributed by atoms with van der Waals surface area (Å²) in [6, 6.07) is 4.35. The number of nitrogens with one attached hydrogen (secondary N) is 1. The molecule has 3 atom stereocenters. The number of benzene rings is 1. The third kappa shape index (κ3) is 5.47. The molecule has 0 spiro atoms. The molecule has 0 radical (unpaired) electrons. The lowest BCUT2D eigenvalue weighted by Crippen LogP contribution is -2.64. The van der Waals surface area contributed by atoms with Gasteiger partial charge in [0.25, 0.3) is 0 Å². The molecule has 160 valence electrons. The number of hydrogen-bond acceptors (Lipinski definition) is 4. The molecule has 1 aromatic carbocycles. The van der Waals surface area contributed by atoms with Crippen molar-refractivity contribution in [3.8, 4) is 0 Å². The Balaban J connectivity index is 2.06. The number of carboxylic acids is 1. The molecular formula is C21H30ClNO5Si. The van der Waals surface area contributed by atoms with Gasteiger partial charge in [0, 0.05) is 17.0 Å². The molecule has 0 aliphatic carbocycles. The fourth-order valence-electron chi connectivity index (χ4n) is 3.23. The molecule has 29 heavy (non-hydrogen) atoms. The molecule has 0 bridgehead atoms. The number of hydrogen-bond donors (Lipinski definition) is 2. The lowest BCUT2D eigenvalue weighted by molar-refractivity contribution is -0.140. The maximum atomic E-state index is 12.7. The van der Waals surface area contributed by atoms with E-state index in [9.17, 15) is 14.4 Å². The molecule has 1 aromatic rings. The van der Waals surface area contributed by atoms with Crippen molar-refractivity contribution < 1.29 is 23.9 Å². The number of carbonyl (C=O) groups is 3. The molecule has 1 aliphatic heterocycles. The highest BCUT2D eigenvalue weighted by molar-refractivity contribution is 6.74. The van der Waals surface area contributed by atoms with Crippen molar-refractivity contribution in [1.82, 2.24) is 5.32 Å². The number of ketones is 1. The third-order valence-electron chi connectivity index (χ3n) is 5.98. The number of halogens is 1. The molecule has 1 heterocycles. The molecule has 0 unspecified atom stereocenters. The Bertz CT molecular complexity index is 818. The van der Waals surface area contributed by atoms with Crippen molar-refractivity contribution in [1.29, 1.82) is 0 Å². The Labute approximate surface area is 178 Å². The summed E-state index contributed by atoms with van der Waals surface area (Å²) in [7, 11) is -2.03. The van der Waals surface area contributed by atoms with E-state index in [4.69, 9.17) is 21.1 Å². The molecule has 0 aromatic heterocycles. The zero-order valence-corrected chi connectivity index (χ0v) is 19.6. The average molecular weight is 440 g/mol. The van der Waals surface area contributed by atoms with Gasteiger partial charge in [0.15, 0.2) is 14.1 Å². The lowest BCUT2D eigenvalue weighted by atomic mass is 9.82. The highest BCUT2D eigenvalue weighted by Gasteiger charge is 2.47. The molecule has 1 fully saturated rings. The van der Waals surface area contributed by atoms with Crippen molar-refractivity contribution in [3.63, 3.8) is 0 Å². The summed E-state index contributed by atoms with van der Waals surface area (Å²) in [6.45, 7) is 12.6. The zero-order chi connectivity index (χ0) is 22.1. The Kier molecular flexibility index (Phi) is 6.97. The van der Waals surface area contributed by atoms with Gasteiger partial charge in [0.05, 0.1) is 24.5 Å². The summed E-state index contributed by atoms with van der Waals surface area (Å²) in [5, 5.41) is 12.0. The first-order valence-electron chi connectivity index (χ1n) is 9.74. The predicted molar refractivity (Wildman–Crippen MR) is 115 cm³/mol. The summed E-state index contributed by atoms with van der Waals surface area (Å²) in [6.07, 6.45) is -0.323. The highest BCUT2D eigenvalue weighted by Crippen LogP contribution is 2.39. The molecule has 1 amide bonds. The van der Waals surface area contributed by atoms with Crippen molar-refractivity contribution in [2.24, 2.45) is 5.92 Å². The summed E-state index contributed by atoms with van der Waals surface area (Å²) >= 11 is 6.12. The number of Topliss-reactive ketones (excluding diaryl/α,β-unsaturated/α-hetero) is 1. The van der Waals surface area contributed by atoms with Crippen LogP contribution in [0.15, 0.2) is 18.2 Å². The van der Waals surface area contributed by atoms with Gasteiger partial charge in [-0.25, -0.2) is 0 Å². The first-order valence-corrected chi connectivity index (χ1v) is 13.0. The Hall–Kier alpha value is -1.70. The first kappa shape index (κ1) is 23.6. The third-order valence-corrected chi connectivity index (χ3v) is 10.9. The Morgan fingerprint density at radius 3 is 2.41 bits per heavy atom. The second kappa shape index (κ2) is 8.58. The minimum absolute atomic E-state index is 0.0290. The van der Waals surface area contributed by atoms with Gasteiger partial charge in [-0.2, -0.15) is 0 Å². The van der Waals surface area contributed by atoms with Gasteiger partial charge in [-0.1, -0.05) is 44.5 Å².